The van der Waals surface area contributed by atoms with Crippen molar-refractivity contribution in [1.82, 2.24) is 4.98 Å². The topological polar surface area (TPSA) is 71.5 Å². The maximum absolute atomic E-state index is 12.7. The molecule has 1 amide bonds. The number of carbonyl (C=O) groups excluding carboxylic acids is 2. The zero-order chi connectivity index (χ0) is 19.1. The molecular weight excluding hydrogens is 374 g/mol. The van der Waals surface area contributed by atoms with E-state index < -0.39 is 12.1 Å². The van der Waals surface area contributed by atoms with Crippen LogP contribution < -0.4 is 10.2 Å². The molecule has 2 aliphatic rings. The molecule has 3 aromatic rings. The van der Waals surface area contributed by atoms with Gasteiger partial charge in [-0.2, -0.15) is 0 Å². The Hall–Kier alpha value is -2.93. The fraction of sp³-hybridized carbons (Fsp3) is 0.286. The van der Waals surface area contributed by atoms with Gasteiger partial charge in [0.25, 0.3) is 5.91 Å². The van der Waals surface area contributed by atoms with Crippen LogP contribution >= 0.6 is 11.3 Å². The highest BCUT2D eigenvalue weighted by molar-refractivity contribution is 7.22. The van der Waals surface area contributed by atoms with Crippen molar-refractivity contribution in [2.45, 2.75) is 25.4 Å². The molecule has 3 heterocycles. The first-order chi connectivity index (χ1) is 13.7. The third-order valence-corrected chi connectivity index (χ3v) is 6.28. The molecule has 0 aliphatic carbocycles. The number of nitrogens with zero attached hydrogens (tertiary/aromatic N) is 2. The summed E-state index contributed by atoms with van der Waals surface area (Å²) < 4.78 is 6.37. The van der Waals surface area contributed by atoms with Crippen molar-refractivity contribution < 1.29 is 14.3 Å². The molecule has 1 fully saturated rings. The average Bonchev–Trinajstić information content (AvgIpc) is 3.37. The van der Waals surface area contributed by atoms with Gasteiger partial charge in [0.1, 0.15) is 0 Å². The number of nitrogens with one attached hydrogen (secondary N) is 1. The number of hydrogen-bond donors (Lipinski definition) is 1. The zero-order valence-corrected chi connectivity index (χ0v) is 16.0. The molecule has 2 aromatic carbocycles. The number of esters is 1. The fourth-order valence-corrected chi connectivity index (χ4v) is 4.79. The van der Waals surface area contributed by atoms with Gasteiger partial charge in [0.05, 0.1) is 15.8 Å². The van der Waals surface area contributed by atoms with E-state index in [9.17, 15) is 9.59 Å². The van der Waals surface area contributed by atoms with Gasteiger partial charge < -0.3 is 15.0 Å². The summed E-state index contributed by atoms with van der Waals surface area (Å²) in [4.78, 5) is 31.8. The molecule has 6 nitrogen and oxygen atoms in total. The van der Waals surface area contributed by atoms with Gasteiger partial charge in [-0.1, -0.05) is 29.5 Å². The van der Waals surface area contributed by atoms with Crippen LogP contribution in [0, 0.1) is 0 Å². The summed E-state index contributed by atoms with van der Waals surface area (Å²) in [5, 5.41) is 3.92. The predicted octanol–water partition coefficient (Wildman–Crippen LogP) is 3.62. The van der Waals surface area contributed by atoms with Gasteiger partial charge in [0.15, 0.2) is 11.2 Å². The second-order valence-corrected chi connectivity index (χ2v) is 8.13. The van der Waals surface area contributed by atoms with E-state index >= 15 is 0 Å². The van der Waals surface area contributed by atoms with Crippen molar-refractivity contribution in [3.8, 4) is 0 Å². The van der Waals surface area contributed by atoms with Gasteiger partial charge in [-0.15, -0.1) is 0 Å². The Morgan fingerprint density at radius 3 is 2.86 bits per heavy atom. The van der Waals surface area contributed by atoms with Gasteiger partial charge >= 0.3 is 5.97 Å². The van der Waals surface area contributed by atoms with Crippen LogP contribution in [0.25, 0.3) is 10.2 Å². The van der Waals surface area contributed by atoms with Crippen molar-refractivity contribution in [2.75, 3.05) is 23.3 Å². The van der Waals surface area contributed by atoms with Crippen molar-refractivity contribution >= 4 is 44.2 Å². The number of ether oxygens (including phenoxy) is 1. The predicted molar refractivity (Wildman–Crippen MR) is 109 cm³/mol. The smallest absolute Gasteiger partial charge is 0.339 e. The van der Waals surface area contributed by atoms with Crippen LogP contribution in [-0.4, -0.2) is 36.1 Å². The molecule has 1 atom stereocenters. The Bertz CT molecular complexity index is 1070. The number of rotatable bonds is 3. The number of hydrogen-bond acceptors (Lipinski definition) is 6. The SMILES string of the molecule is O=C1OC(C(=O)Nc2ccc3nc(N4CCCC4)sc3c2)Cc2ccccc21. The maximum atomic E-state index is 12.7. The summed E-state index contributed by atoms with van der Waals surface area (Å²) in [5.74, 6) is -0.762. The lowest BCUT2D eigenvalue weighted by atomic mass is 9.98. The summed E-state index contributed by atoms with van der Waals surface area (Å²) in [6, 6.07) is 12.9. The molecule has 28 heavy (non-hydrogen) atoms. The number of anilines is 2. The number of benzene rings is 2. The van der Waals surface area contributed by atoms with Crippen LogP contribution in [0.4, 0.5) is 10.8 Å². The number of amides is 1. The van der Waals surface area contributed by atoms with Crippen LogP contribution in [0.1, 0.15) is 28.8 Å². The quantitative estimate of drug-likeness (QED) is 0.688. The molecule has 1 aromatic heterocycles. The van der Waals surface area contributed by atoms with E-state index in [4.69, 9.17) is 9.72 Å². The minimum atomic E-state index is -0.820. The van der Waals surface area contributed by atoms with Gasteiger partial charge in [0.2, 0.25) is 0 Å². The standard InChI is InChI=1S/C21H19N3O3S/c25-19(17-11-13-5-1-2-6-15(13)20(26)27-17)22-14-7-8-16-18(12-14)28-21(23-16)24-9-3-4-10-24/h1-2,5-8,12,17H,3-4,9-11H2,(H,22,25). The second kappa shape index (κ2) is 6.91. The molecular formula is C21H19N3O3S. The highest BCUT2D eigenvalue weighted by atomic mass is 32.1. The summed E-state index contributed by atoms with van der Waals surface area (Å²) >= 11 is 1.64. The lowest BCUT2D eigenvalue weighted by molar-refractivity contribution is -0.125. The van der Waals surface area contributed by atoms with E-state index in [0.29, 0.717) is 17.7 Å². The number of cyclic esters (lactones) is 1. The normalized spacial score (nSPS) is 18.8. The Kier molecular flexibility index (Phi) is 4.24. The molecule has 1 N–H and O–H groups in total. The van der Waals surface area contributed by atoms with Gasteiger partial charge in [-0.25, -0.2) is 9.78 Å². The molecule has 5 rings (SSSR count). The Labute approximate surface area is 166 Å². The van der Waals surface area contributed by atoms with E-state index in [-0.39, 0.29) is 5.91 Å². The van der Waals surface area contributed by atoms with Gasteiger partial charge in [-0.05, 0) is 42.7 Å². The van der Waals surface area contributed by atoms with Gasteiger partial charge in [0, 0.05) is 25.2 Å². The molecule has 0 saturated carbocycles. The number of carbonyl (C=O) groups is 2. The summed E-state index contributed by atoms with van der Waals surface area (Å²) in [6.07, 6.45) is 1.98. The fourth-order valence-electron chi connectivity index (χ4n) is 3.73. The van der Waals surface area contributed by atoms with Crippen LogP contribution in [0.2, 0.25) is 0 Å². The highest BCUT2D eigenvalue weighted by Gasteiger charge is 2.31. The Morgan fingerprint density at radius 1 is 1.18 bits per heavy atom. The molecule has 0 radical (unpaired) electrons. The Balaban J connectivity index is 1.33. The van der Waals surface area contributed by atoms with E-state index in [1.165, 1.54) is 12.8 Å². The third-order valence-electron chi connectivity index (χ3n) is 5.21. The summed E-state index contributed by atoms with van der Waals surface area (Å²) in [5.41, 5.74) is 2.99. The van der Waals surface area contributed by atoms with Crippen LogP contribution in [0.15, 0.2) is 42.5 Å². The molecule has 1 unspecified atom stereocenters. The number of fused-ring (bicyclic) bond motifs is 2. The highest BCUT2D eigenvalue weighted by Crippen LogP contribution is 2.32. The molecule has 142 valence electrons. The first-order valence-corrected chi connectivity index (χ1v) is 10.2. The molecule has 1 saturated heterocycles. The summed E-state index contributed by atoms with van der Waals surface area (Å²) in [6.45, 7) is 2.11. The lowest BCUT2D eigenvalue weighted by Crippen LogP contribution is -2.37. The minimum absolute atomic E-state index is 0.313. The van der Waals surface area contributed by atoms with Crippen molar-refractivity contribution in [3.05, 3.63) is 53.6 Å². The molecule has 7 heteroatoms. The third kappa shape index (κ3) is 3.11. The number of thiazole rings is 1. The van der Waals surface area contributed by atoms with Crippen LogP contribution in [-0.2, 0) is 16.0 Å². The van der Waals surface area contributed by atoms with E-state index in [0.717, 1.165) is 34.0 Å². The minimum Gasteiger partial charge on any atom is -0.448 e. The molecule has 0 bridgehead atoms. The lowest BCUT2D eigenvalue weighted by Gasteiger charge is -2.23. The van der Waals surface area contributed by atoms with Crippen molar-refractivity contribution in [1.29, 1.82) is 0 Å². The first kappa shape index (κ1) is 17.2. The molecule has 2 aliphatic heterocycles. The monoisotopic (exact) mass is 393 g/mol. The van der Waals surface area contributed by atoms with Crippen LogP contribution in [0.3, 0.4) is 0 Å². The molecule has 0 spiro atoms. The van der Waals surface area contributed by atoms with Crippen molar-refractivity contribution in [3.63, 3.8) is 0 Å². The van der Waals surface area contributed by atoms with E-state index in [1.54, 1.807) is 23.5 Å². The van der Waals surface area contributed by atoms with Crippen molar-refractivity contribution in [2.24, 2.45) is 0 Å². The maximum Gasteiger partial charge on any atom is 0.339 e. The second-order valence-electron chi connectivity index (χ2n) is 7.12. The Morgan fingerprint density at radius 2 is 2.00 bits per heavy atom. The van der Waals surface area contributed by atoms with E-state index in [2.05, 4.69) is 10.2 Å². The first-order valence-electron chi connectivity index (χ1n) is 9.43. The zero-order valence-electron chi connectivity index (χ0n) is 15.2. The average molecular weight is 393 g/mol. The van der Waals surface area contributed by atoms with Crippen LogP contribution in [0.5, 0.6) is 0 Å². The van der Waals surface area contributed by atoms with Gasteiger partial charge in [-0.3, -0.25) is 4.79 Å². The van der Waals surface area contributed by atoms with E-state index in [1.807, 2.05) is 30.3 Å². The number of aromatic nitrogens is 1. The largest absolute Gasteiger partial charge is 0.448 e. The summed E-state index contributed by atoms with van der Waals surface area (Å²) in [7, 11) is 0.